The summed E-state index contributed by atoms with van der Waals surface area (Å²) in [6.07, 6.45) is 1.19. The van der Waals surface area contributed by atoms with Gasteiger partial charge in [0.15, 0.2) is 5.03 Å². The molecule has 0 bridgehead atoms. The highest BCUT2D eigenvalue weighted by molar-refractivity contribution is 7.90. The van der Waals surface area contributed by atoms with Gasteiger partial charge in [-0.15, -0.1) is 11.3 Å². The van der Waals surface area contributed by atoms with E-state index in [1.54, 1.807) is 9.44 Å². The first-order valence-electron chi connectivity index (χ1n) is 14.2. The molecule has 4 N–H and O–H groups in total. The average molecular weight is 798 g/mol. The third-order valence-electron chi connectivity index (χ3n) is 5.86. The molecule has 0 aliphatic rings. The van der Waals surface area contributed by atoms with Crippen LogP contribution in [0.25, 0.3) is 0 Å². The Labute approximate surface area is 305 Å². The van der Waals surface area contributed by atoms with Crippen molar-refractivity contribution >= 4 is 67.2 Å². The maximum Gasteiger partial charge on any atom is 0.349 e. The lowest BCUT2D eigenvalue weighted by molar-refractivity contribution is 0.0602. The van der Waals surface area contributed by atoms with Crippen molar-refractivity contribution in [3.05, 3.63) is 52.1 Å². The second-order valence-corrected chi connectivity index (χ2v) is 13.9. The topological polar surface area (TPSA) is 302 Å². The van der Waals surface area contributed by atoms with Crippen LogP contribution in [0, 0.1) is 6.92 Å². The Hall–Kier alpha value is -6.28. The normalized spacial score (nSPS) is 10.8. The lowest BCUT2D eigenvalue weighted by Crippen LogP contribution is -2.36. The van der Waals surface area contributed by atoms with Gasteiger partial charge in [-0.25, -0.2) is 37.2 Å². The molecule has 0 unspecified atom stereocenters. The van der Waals surface area contributed by atoms with Crippen molar-refractivity contribution in [2.45, 2.75) is 16.8 Å². The zero-order valence-corrected chi connectivity index (χ0v) is 31.2. The molecule has 4 aromatic heterocycles. The number of methoxy groups -OCH3 is 4. The van der Waals surface area contributed by atoms with Gasteiger partial charge in [0, 0.05) is 20.3 Å². The number of urea groups is 2. The predicted octanol–water partition coefficient (Wildman–Crippen LogP) is 0.648. The van der Waals surface area contributed by atoms with E-state index in [4.69, 9.17) is 14.2 Å². The molecule has 5 amide bonds. The van der Waals surface area contributed by atoms with E-state index >= 15 is 0 Å². The van der Waals surface area contributed by atoms with E-state index in [9.17, 15) is 36.0 Å². The van der Waals surface area contributed by atoms with E-state index < -0.39 is 49.0 Å². The van der Waals surface area contributed by atoms with Gasteiger partial charge in [-0.3, -0.25) is 15.4 Å². The maximum atomic E-state index is 12.5. The first-order chi connectivity index (χ1) is 24.9. The highest BCUT2D eigenvalue weighted by Crippen LogP contribution is 2.23. The molecule has 0 aromatic carbocycles. The van der Waals surface area contributed by atoms with Crippen LogP contribution in [0.4, 0.5) is 21.5 Å². The fourth-order valence-corrected chi connectivity index (χ4v) is 6.91. The van der Waals surface area contributed by atoms with Crippen LogP contribution in [0.5, 0.6) is 17.8 Å². The van der Waals surface area contributed by atoms with E-state index in [1.807, 2.05) is 0 Å². The first kappa shape index (κ1) is 41.1. The first-order valence-corrected chi connectivity index (χ1v) is 18.0. The van der Waals surface area contributed by atoms with Crippen molar-refractivity contribution in [3.63, 3.8) is 0 Å². The molecule has 4 heterocycles. The van der Waals surface area contributed by atoms with Crippen molar-refractivity contribution in [3.8, 4) is 17.8 Å². The monoisotopic (exact) mass is 797 g/mol. The fourth-order valence-electron chi connectivity index (χ4n) is 3.63. The minimum atomic E-state index is -4.46. The Balaban J connectivity index is 0.000000287. The number of esters is 1. The van der Waals surface area contributed by atoms with Crippen molar-refractivity contribution in [2.75, 3.05) is 53.2 Å². The Morgan fingerprint density at radius 2 is 1.36 bits per heavy atom. The van der Waals surface area contributed by atoms with E-state index in [-0.39, 0.29) is 50.8 Å². The van der Waals surface area contributed by atoms with E-state index in [1.165, 1.54) is 83.1 Å². The molecule has 284 valence electrons. The lowest BCUT2D eigenvalue weighted by Gasteiger charge is -2.14. The molecule has 0 aliphatic carbocycles. The number of hydrogen-bond acceptors (Lipinski definition) is 19. The number of amides is 5. The van der Waals surface area contributed by atoms with E-state index in [0.717, 1.165) is 18.4 Å². The third-order valence-corrected chi connectivity index (χ3v) is 9.55. The molecule has 0 atom stereocenters. The molecule has 26 heteroatoms. The highest BCUT2D eigenvalue weighted by Gasteiger charge is 2.28. The summed E-state index contributed by atoms with van der Waals surface area (Å²) in [5, 5.41) is 5.11. The summed E-state index contributed by atoms with van der Waals surface area (Å²) in [5.41, 5.74) is -0.188. The molecular formula is C27H31N11O12S3. The van der Waals surface area contributed by atoms with Gasteiger partial charge in [0.1, 0.15) is 15.6 Å². The molecule has 0 saturated heterocycles. The van der Waals surface area contributed by atoms with Crippen LogP contribution in [-0.4, -0.2) is 118 Å². The summed E-state index contributed by atoms with van der Waals surface area (Å²) in [7, 11) is -0.703. The maximum absolute atomic E-state index is 12.5. The number of aromatic nitrogens is 6. The molecule has 53 heavy (non-hydrogen) atoms. The summed E-state index contributed by atoms with van der Waals surface area (Å²) in [5.74, 6) is -1.42. The van der Waals surface area contributed by atoms with Crippen molar-refractivity contribution in [2.24, 2.45) is 0 Å². The third kappa shape index (κ3) is 11.1. The number of sulfonamides is 2. The van der Waals surface area contributed by atoms with Gasteiger partial charge < -0.3 is 23.8 Å². The second-order valence-electron chi connectivity index (χ2n) is 9.75. The van der Waals surface area contributed by atoms with Crippen molar-refractivity contribution < 1.29 is 55.0 Å². The molecule has 4 aromatic rings. The number of pyridine rings is 1. The van der Waals surface area contributed by atoms with Gasteiger partial charge in [-0.2, -0.15) is 33.3 Å². The summed E-state index contributed by atoms with van der Waals surface area (Å²) < 4.78 is 72.4. The molecule has 23 nitrogen and oxygen atoms in total. The van der Waals surface area contributed by atoms with Crippen LogP contribution in [0.15, 0.2) is 45.8 Å². The minimum absolute atomic E-state index is 0.0449. The molecule has 4 rings (SSSR count). The predicted molar refractivity (Wildman–Crippen MR) is 183 cm³/mol. The molecule has 0 radical (unpaired) electrons. The minimum Gasteiger partial charge on any atom is -0.481 e. The standard InChI is InChI=1S/C15H18N6O6S.C12H13N5O6S2/c1-21(2)13(22)9-6-5-7-16-12(9)28(24,25)20-15(23)19-14-17-10(26-3)8-11(18-14)27-4;1-6-13-10(16-12(14-6)23-3)15-11(19)17-25(20,21)7-4-5-24-8(7)9(18)22-2/h5-8H,1-4H3,(H2,17,18,19,20,23);4-5H,1-3H3,(H2,13,14,15,16,17,19). The van der Waals surface area contributed by atoms with Gasteiger partial charge in [0.2, 0.25) is 23.7 Å². The molecule has 0 aliphatic heterocycles. The average Bonchev–Trinajstić information content (AvgIpc) is 3.62. The van der Waals surface area contributed by atoms with Gasteiger partial charge in [0.25, 0.3) is 26.0 Å². The number of nitrogens with zero attached hydrogens (tertiary/aromatic N) is 7. The molecule has 0 saturated carbocycles. The van der Waals surface area contributed by atoms with E-state index in [0.29, 0.717) is 0 Å². The van der Waals surface area contributed by atoms with Crippen LogP contribution < -0.4 is 34.3 Å². The van der Waals surface area contributed by atoms with Gasteiger partial charge in [-0.05, 0) is 30.5 Å². The van der Waals surface area contributed by atoms with Crippen LogP contribution in [0.2, 0.25) is 0 Å². The van der Waals surface area contributed by atoms with Crippen LogP contribution in [-0.2, 0) is 24.8 Å². The number of anilines is 2. The lowest BCUT2D eigenvalue weighted by atomic mass is 10.2. The van der Waals surface area contributed by atoms with E-state index in [2.05, 4.69) is 45.3 Å². The van der Waals surface area contributed by atoms with Gasteiger partial charge >= 0.3 is 24.0 Å². The molecule has 0 fully saturated rings. The number of hydrogen-bond donors (Lipinski definition) is 4. The number of ether oxygens (including phenoxy) is 4. The summed E-state index contributed by atoms with van der Waals surface area (Å²) >= 11 is 0.872. The number of thiophene rings is 1. The van der Waals surface area contributed by atoms with Gasteiger partial charge in [0.05, 0.1) is 40.1 Å². The Morgan fingerprint density at radius 3 is 1.91 bits per heavy atom. The SMILES string of the molecule is COC(=O)c1sccc1S(=O)(=O)NC(=O)Nc1nc(C)nc(OC)n1.COc1cc(OC)nc(NC(=O)NS(=O)(=O)c2ncccc2C(=O)N(C)C)n1. The summed E-state index contributed by atoms with van der Waals surface area (Å²) in [6.45, 7) is 1.54. The molecular weight excluding hydrogens is 767 g/mol. The molecule has 0 spiro atoms. The summed E-state index contributed by atoms with van der Waals surface area (Å²) in [4.78, 5) is 71.3. The highest BCUT2D eigenvalue weighted by atomic mass is 32.2. The van der Waals surface area contributed by atoms with Crippen LogP contribution >= 0.6 is 11.3 Å². The van der Waals surface area contributed by atoms with Gasteiger partial charge in [-0.1, -0.05) is 0 Å². The van der Waals surface area contributed by atoms with Crippen LogP contribution in [0.1, 0.15) is 25.9 Å². The van der Waals surface area contributed by atoms with Crippen LogP contribution in [0.3, 0.4) is 0 Å². The number of rotatable bonds is 11. The summed E-state index contributed by atoms with van der Waals surface area (Å²) in [6, 6.07) is 2.93. The fraction of sp³-hybridized carbons (Fsp3) is 0.259. The Morgan fingerprint density at radius 1 is 0.774 bits per heavy atom. The number of carbonyl (C=O) groups is 4. The zero-order chi connectivity index (χ0) is 39.5. The number of carbonyl (C=O) groups excluding carboxylic acids is 4. The quantitative estimate of drug-likeness (QED) is 0.151. The number of nitrogens with one attached hydrogen (secondary N) is 4. The Bertz CT molecular complexity index is 2190. The Kier molecular flexibility index (Phi) is 13.8. The zero-order valence-electron chi connectivity index (χ0n) is 28.7. The largest absolute Gasteiger partial charge is 0.481 e. The smallest absolute Gasteiger partial charge is 0.349 e. The number of aryl methyl sites for hydroxylation is 1. The van der Waals surface area contributed by atoms with Crippen molar-refractivity contribution in [1.82, 2.24) is 44.2 Å². The second kappa shape index (κ2) is 17.8. The van der Waals surface area contributed by atoms with Crippen molar-refractivity contribution in [1.29, 1.82) is 0 Å².